The van der Waals surface area contributed by atoms with Gasteiger partial charge >= 0.3 is 0 Å². The number of ketones is 1. The highest BCUT2D eigenvalue weighted by atomic mass is 35.5. The average Bonchev–Trinajstić information content (AvgIpc) is 2.71. The Bertz CT molecular complexity index is 789. The highest BCUT2D eigenvalue weighted by Crippen LogP contribution is 2.43. The molecule has 0 radical (unpaired) electrons. The molecule has 3 rings (SSSR count). The Labute approximate surface area is 139 Å². The summed E-state index contributed by atoms with van der Waals surface area (Å²) in [4.78, 5) is 25.8. The van der Waals surface area contributed by atoms with Gasteiger partial charge < -0.3 is 10.0 Å². The monoisotopic (exact) mass is 329 g/mol. The van der Waals surface area contributed by atoms with Crippen molar-refractivity contribution in [1.29, 1.82) is 0 Å². The molecule has 2 aromatic carbocycles. The van der Waals surface area contributed by atoms with E-state index in [2.05, 4.69) is 0 Å². The zero-order valence-corrected chi connectivity index (χ0v) is 13.4. The first-order valence-corrected chi connectivity index (χ1v) is 7.68. The molecule has 5 heteroatoms. The number of benzene rings is 2. The molecular formula is C18H16ClNO3. The summed E-state index contributed by atoms with van der Waals surface area (Å²) in [5.74, 6) is -0.732. The van der Waals surface area contributed by atoms with Gasteiger partial charge in [-0.3, -0.25) is 9.59 Å². The number of nitrogens with zero attached hydrogens (tertiary/aromatic N) is 1. The minimum absolute atomic E-state index is 0.234. The molecule has 0 saturated carbocycles. The zero-order chi connectivity index (χ0) is 16.6. The lowest BCUT2D eigenvalue weighted by atomic mass is 9.90. The molecule has 118 valence electrons. The normalized spacial score (nSPS) is 19.8. The summed E-state index contributed by atoms with van der Waals surface area (Å²) in [5, 5.41) is 11.4. The first-order valence-electron chi connectivity index (χ1n) is 7.30. The predicted octanol–water partition coefficient (Wildman–Crippen LogP) is 3.05. The van der Waals surface area contributed by atoms with Gasteiger partial charge in [0.25, 0.3) is 5.91 Å². The lowest BCUT2D eigenvalue weighted by molar-refractivity contribution is -0.141. The third kappa shape index (κ3) is 2.64. The molecule has 1 amide bonds. The third-order valence-corrected chi connectivity index (χ3v) is 4.40. The predicted molar refractivity (Wildman–Crippen MR) is 88.3 cm³/mol. The number of Topliss-reactive ketones (excluding diaryl/α,β-unsaturated/α-hetero) is 1. The molecule has 0 fully saturated rings. The van der Waals surface area contributed by atoms with E-state index < -0.39 is 11.5 Å². The quantitative estimate of drug-likeness (QED) is 0.938. The fourth-order valence-electron chi connectivity index (χ4n) is 2.99. The highest BCUT2D eigenvalue weighted by molar-refractivity contribution is 6.31. The molecule has 1 aliphatic heterocycles. The smallest absolute Gasteiger partial charge is 0.264 e. The third-order valence-electron chi connectivity index (χ3n) is 4.03. The first-order chi connectivity index (χ1) is 10.9. The van der Waals surface area contributed by atoms with Crippen LogP contribution in [0.25, 0.3) is 0 Å². The minimum atomic E-state index is -1.80. The number of hydrogen-bond acceptors (Lipinski definition) is 3. The second-order valence-electron chi connectivity index (χ2n) is 5.74. The van der Waals surface area contributed by atoms with Crippen molar-refractivity contribution in [3.05, 3.63) is 64.7 Å². The van der Waals surface area contributed by atoms with Gasteiger partial charge in [0.2, 0.25) is 0 Å². The van der Waals surface area contributed by atoms with Gasteiger partial charge in [-0.25, -0.2) is 0 Å². The van der Waals surface area contributed by atoms with Crippen LogP contribution in [-0.2, 0) is 21.7 Å². The van der Waals surface area contributed by atoms with Gasteiger partial charge in [-0.1, -0.05) is 48.0 Å². The molecule has 4 nitrogen and oxygen atoms in total. The molecule has 1 unspecified atom stereocenters. The van der Waals surface area contributed by atoms with E-state index in [-0.39, 0.29) is 18.7 Å². The van der Waals surface area contributed by atoms with Crippen LogP contribution in [0.5, 0.6) is 0 Å². The first kappa shape index (κ1) is 15.7. The number of carbonyl (C=O) groups is 2. The van der Waals surface area contributed by atoms with Crippen LogP contribution in [0.2, 0.25) is 5.02 Å². The van der Waals surface area contributed by atoms with Crippen LogP contribution >= 0.6 is 11.6 Å². The molecule has 0 aliphatic carbocycles. The van der Waals surface area contributed by atoms with Crippen LogP contribution in [0.3, 0.4) is 0 Å². The Balaban J connectivity index is 2.04. The van der Waals surface area contributed by atoms with E-state index in [4.69, 9.17) is 11.6 Å². The summed E-state index contributed by atoms with van der Waals surface area (Å²) < 4.78 is 0. The van der Waals surface area contributed by atoms with Gasteiger partial charge in [-0.15, -0.1) is 0 Å². The summed E-state index contributed by atoms with van der Waals surface area (Å²) in [7, 11) is 0. The Hall–Kier alpha value is -2.17. The van der Waals surface area contributed by atoms with Crippen molar-refractivity contribution in [2.24, 2.45) is 0 Å². The Morgan fingerprint density at radius 1 is 1.17 bits per heavy atom. The van der Waals surface area contributed by atoms with Crippen LogP contribution in [0.1, 0.15) is 24.5 Å². The van der Waals surface area contributed by atoms with Crippen LogP contribution < -0.4 is 4.90 Å². The van der Waals surface area contributed by atoms with E-state index in [9.17, 15) is 14.7 Å². The number of hydrogen-bond donors (Lipinski definition) is 1. The van der Waals surface area contributed by atoms with Crippen molar-refractivity contribution in [2.45, 2.75) is 25.5 Å². The van der Waals surface area contributed by atoms with Crippen LogP contribution in [0.15, 0.2) is 48.5 Å². The van der Waals surface area contributed by atoms with E-state index in [0.717, 1.165) is 5.56 Å². The Morgan fingerprint density at radius 2 is 1.83 bits per heavy atom. The van der Waals surface area contributed by atoms with Crippen molar-refractivity contribution < 1.29 is 14.7 Å². The van der Waals surface area contributed by atoms with Crippen molar-refractivity contribution in [3.8, 4) is 0 Å². The number of fused-ring (bicyclic) bond motifs is 1. The van der Waals surface area contributed by atoms with Gasteiger partial charge in [0.1, 0.15) is 5.78 Å². The van der Waals surface area contributed by atoms with Gasteiger partial charge in [0.05, 0.1) is 12.2 Å². The van der Waals surface area contributed by atoms with Crippen molar-refractivity contribution in [1.82, 2.24) is 0 Å². The van der Waals surface area contributed by atoms with E-state index in [1.54, 1.807) is 30.3 Å². The number of rotatable bonds is 4. The van der Waals surface area contributed by atoms with Crippen LogP contribution in [0.4, 0.5) is 5.69 Å². The number of anilines is 1. The van der Waals surface area contributed by atoms with E-state index in [0.29, 0.717) is 16.3 Å². The van der Waals surface area contributed by atoms with Crippen LogP contribution in [0, 0.1) is 0 Å². The van der Waals surface area contributed by atoms with E-state index >= 15 is 0 Å². The summed E-state index contributed by atoms with van der Waals surface area (Å²) >= 11 is 6.18. The number of halogens is 1. The van der Waals surface area contributed by atoms with Crippen molar-refractivity contribution >= 4 is 29.0 Å². The summed E-state index contributed by atoms with van der Waals surface area (Å²) in [5.41, 5.74) is 0.0572. The van der Waals surface area contributed by atoms with Gasteiger partial charge in [-0.2, -0.15) is 0 Å². The highest BCUT2D eigenvalue weighted by Gasteiger charge is 2.50. The average molecular weight is 330 g/mol. The summed E-state index contributed by atoms with van der Waals surface area (Å²) in [6.45, 7) is 1.61. The number of carbonyl (C=O) groups excluding carboxylic acids is 2. The maximum Gasteiger partial charge on any atom is 0.264 e. The molecule has 1 heterocycles. The summed E-state index contributed by atoms with van der Waals surface area (Å²) in [6, 6.07) is 14.2. The molecular weight excluding hydrogens is 314 g/mol. The van der Waals surface area contributed by atoms with Gasteiger partial charge in [0, 0.05) is 17.0 Å². The maximum absolute atomic E-state index is 12.8. The zero-order valence-electron chi connectivity index (χ0n) is 12.6. The fourth-order valence-corrected chi connectivity index (χ4v) is 3.19. The molecule has 1 atom stereocenters. The van der Waals surface area contributed by atoms with E-state index in [1.165, 1.54) is 11.8 Å². The topological polar surface area (TPSA) is 57.6 Å². The summed E-state index contributed by atoms with van der Waals surface area (Å²) in [6.07, 6.45) is -0.234. The molecule has 0 bridgehead atoms. The molecule has 1 aliphatic rings. The van der Waals surface area contributed by atoms with Crippen molar-refractivity contribution in [3.63, 3.8) is 0 Å². The number of aliphatic hydroxyl groups is 1. The van der Waals surface area contributed by atoms with Crippen molar-refractivity contribution in [2.75, 3.05) is 4.90 Å². The number of para-hydroxylation sites is 1. The molecule has 23 heavy (non-hydrogen) atoms. The lowest BCUT2D eigenvalue weighted by Gasteiger charge is -2.22. The second-order valence-corrected chi connectivity index (χ2v) is 6.15. The largest absolute Gasteiger partial charge is 0.375 e. The van der Waals surface area contributed by atoms with Crippen LogP contribution in [-0.4, -0.2) is 16.8 Å². The van der Waals surface area contributed by atoms with Gasteiger partial charge in [-0.05, 0) is 24.6 Å². The molecule has 2 aromatic rings. The number of amides is 1. The molecule has 0 aromatic heterocycles. The van der Waals surface area contributed by atoms with E-state index in [1.807, 2.05) is 18.2 Å². The lowest BCUT2D eigenvalue weighted by Crippen LogP contribution is -2.41. The Morgan fingerprint density at radius 3 is 2.52 bits per heavy atom. The standard InChI is InChI=1S/C18H16ClNO3/c1-12(21)10-18(23)14-7-3-5-9-16(14)20(17(18)22)11-13-6-2-4-8-15(13)19/h2-9,23H,10-11H2,1H3. The Kier molecular flexibility index (Phi) is 3.96. The molecule has 1 N–H and O–H groups in total. The minimum Gasteiger partial charge on any atom is -0.375 e. The maximum atomic E-state index is 12.8. The fraction of sp³-hybridized carbons (Fsp3) is 0.222. The van der Waals surface area contributed by atoms with Gasteiger partial charge in [0.15, 0.2) is 5.60 Å². The SMILES string of the molecule is CC(=O)CC1(O)C(=O)N(Cc2ccccc2Cl)c2ccccc21. The second kappa shape index (κ2) is 5.80. The molecule has 0 saturated heterocycles. The molecule has 0 spiro atoms.